The molecule has 1 N–H and O–H groups in total. The molecule has 3 rings (SSSR count). The molecule has 1 atom stereocenters. The quantitative estimate of drug-likeness (QED) is 0.528. The lowest BCUT2D eigenvalue weighted by Gasteiger charge is -2.31. The zero-order valence-corrected chi connectivity index (χ0v) is 20.8. The van der Waals surface area contributed by atoms with E-state index in [1.54, 1.807) is 4.90 Å². The summed E-state index contributed by atoms with van der Waals surface area (Å²) in [4.78, 5) is 28.4. The van der Waals surface area contributed by atoms with Crippen LogP contribution in [-0.2, 0) is 28.0 Å². The van der Waals surface area contributed by atoms with Gasteiger partial charge in [0.1, 0.15) is 6.04 Å². The minimum absolute atomic E-state index is 0.0109. The molecule has 1 saturated carbocycles. The molecule has 0 saturated heterocycles. The lowest BCUT2D eigenvalue weighted by atomic mass is 9.86. The number of nitrogens with zero attached hydrogens (tertiary/aromatic N) is 1. The smallest absolute Gasteiger partial charge is 0.243 e. The Hall–Kier alpha value is -2.62. The highest BCUT2D eigenvalue weighted by Crippen LogP contribution is 2.23. The summed E-state index contributed by atoms with van der Waals surface area (Å²) >= 11 is 0. The molecule has 0 aliphatic heterocycles. The number of rotatable bonds is 9. The van der Waals surface area contributed by atoms with E-state index in [9.17, 15) is 9.59 Å². The van der Waals surface area contributed by atoms with Gasteiger partial charge in [0.2, 0.25) is 11.8 Å². The molecule has 1 fully saturated rings. The van der Waals surface area contributed by atoms with E-state index >= 15 is 0 Å². The molecule has 2 amide bonds. The van der Waals surface area contributed by atoms with E-state index in [1.807, 2.05) is 37.3 Å². The van der Waals surface area contributed by atoms with E-state index in [1.165, 1.54) is 18.4 Å². The van der Waals surface area contributed by atoms with Gasteiger partial charge in [0.25, 0.3) is 0 Å². The maximum atomic E-state index is 13.4. The number of benzene rings is 2. The van der Waals surface area contributed by atoms with Crippen molar-refractivity contribution in [3.63, 3.8) is 0 Å². The number of hydrogen-bond donors (Lipinski definition) is 1. The second-order valence-corrected chi connectivity index (χ2v) is 10.4. The summed E-state index contributed by atoms with van der Waals surface area (Å²) < 4.78 is 0. The van der Waals surface area contributed by atoms with Crippen LogP contribution in [0.5, 0.6) is 0 Å². The number of nitrogens with one attached hydrogen (secondary N) is 1. The van der Waals surface area contributed by atoms with Crippen molar-refractivity contribution >= 4 is 11.8 Å². The van der Waals surface area contributed by atoms with Gasteiger partial charge in [-0.2, -0.15) is 0 Å². The van der Waals surface area contributed by atoms with Crippen molar-refractivity contribution in [1.82, 2.24) is 10.2 Å². The summed E-state index contributed by atoms with van der Waals surface area (Å²) in [5.74, 6) is 0.0235. The first-order valence-corrected chi connectivity index (χ1v) is 12.5. The Kier molecular flexibility index (Phi) is 8.71. The number of hydrogen-bond acceptors (Lipinski definition) is 2. The summed E-state index contributed by atoms with van der Waals surface area (Å²) in [6.45, 7) is 9.06. The SMILES string of the molecule is CC[C@H](C(=O)NC1CCCC1)N(Cc1ccccc1)C(=O)CCc1ccc(C(C)(C)C)cc1. The molecule has 4 heteroatoms. The van der Waals surface area contributed by atoms with Crippen LogP contribution in [0.4, 0.5) is 0 Å². The van der Waals surface area contributed by atoms with E-state index in [0.29, 0.717) is 25.8 Å². The first-order chi connectivity index (χ1) is 15.8. The van der Waals surface area contributed by atoms with Crippen LogP contribution in [0, 0.1) is 0 Å². The third-order valence-electron chi connectivity index (χ3n) is 6.73. The van der Waals surface area contributed by atoms with Crippen LogP contribution in [-0.4, -0.2) is 28.8 Å². The van der Waals surface area contributed by atoms with E-state index < -0.39 is 6.04 Å². The lowest BCUT2D eigenvalue weighted by molar-refractivity contribution is -0.141. The minimum atomic E-state index is -0.443. The first kappa shape index (κ1) is 25.0. The van der Waals surface area contributed by atoms with Crippen molar-refractivity contribution < 1.29 is 9.59 Å². The van der Waals surface area contributed by atoms with Crippen LogP contribution in [0.3, 0.4) is 0 Å². The summed E-state index contributed by atoms with van der Waals surface area (Å²) in [5.41, 5.74) is 3.60. The molecule has 2 aromatic carbocycles. The van der Waals surface area contributed by atoms with E-state index in [4.69, 9.17) is 0 Å². The molecule has 178 valence electrons. The van der Waals surface area contributed by atoms with Crippen LogP contribution in [0.1, 0.15) is 82.9 Å². The van der Waals surface area contributed by atoms with Gasteiger partial charge in [-0.1, -0.05) is 95.1 Å². The summed E-state index contributed by atoms with van der Waals surface area (Å²) in [7, 11) is 0. The van der Waals surface area contributed by atoms with E-state index in [-0.39, 0.29) is 23.3 Å². The van der Waals surface area contributed by atoms with Crippen LogP contribution >= 0.6 is 0 Å². The van der Waals surface area contributed by atoms with Gasteiger partial charge in [0.15, 0.2) is 0 Å². The van der Waals surface area contributed by atoms with Gasteiger partial charge < -0.3 is 10.2 Å². The van der Waals surface area contributed by atoms with Gasteiger partial charge in [0, 0.05) is 19.0 Å². The second kappa shape index (κ2) is 11.5. The van der Waals surface area contributed by atoms with Crippen LogP contribution in [0.2, 0.25) is 0 Å². The molecule has 4 nitrogen and oxygen atoms in total. The molecule has 1 aliphatic carbocycles. The Bertz CT molecular complexity index is 893. The van der Waals surface area contributed by atoms with Gasteiger partial charge in [-0.05, 0) is 47.8 Å². The average molecular weight is 449 g/mol. The molecule has 33 heavy (non-hydrogen) atoms. The highest BCUT2D eigenvalue weighted by atomic mass is 16.2. The third kappa shape index (κ3) is 7.18. The molecular weight excluding hydrogens is 408 g/mol. The van der Waals surface area contributed by atoms with E-state index in [0.717, 1.165) is 24.0 Å². The molecule has 0 unspecified atom stereocenters. The predicted molar refractivity (Wildman–Crippen MR) is 135 cm³/mol. The number of carbonyl (C=O) groups is 2. The molecular formula is C29H40N2O2. The normalized spacial score (nSPS) is 15.3. The zero-order chi connectivity index (χ0) is 23.8. The Balaban J connectivity index is 1.71. The van der Waals surface area contributed by atoms with Gasteiger partial charge in [-0.15, -0.1) is 0 Å². The number of aryl methyl sites for hydroxylation is 1. The second-order valence-electron chi connectivity index (χ2n) is 10.4. The minimum Gasteiger partial charge on any atom is -0.352 e. The fourth-order valence-electron chi connectivity index (χ4n) is 4.63. The zero-order valence-electron chi connectivity index (χ0n) is 20.8. The first-order valence-electron chi connectivity index (χ1n) is 12.5. The molecule has 2 aromatic rings. The maximum absolute atomic E-state index is 13.4. The fourth-order valence-corrected chi connectivity index (χ4v) is 4.63. The van der Waals surface area contributed by atoms with Crippen molar-refractivity contribution in [3.05, 3.63) is 71.3 Å². The Morgan fingerprint density at radius 1 is 0.970 bits per heavy atom. The highest BCUT2D eigenvalue weighted by Gasteiger charge is 2.30. The standard InChI is InChI=1S/C29H40N2O2/c1-5-26(28(33)30-25-13-9-10-14-25)31(21-23-11-7-6-8-12-23)27(32)20-17-22-15-18-24(19-16-22)29(2,3)4/h6-8,11-12,15-16,18-19,25-26H,5,9-10,13-14,17,20-21H2,1-4H3,(H,30,33)/t26-/m1/s1. The Morgan fingerprint density at radius 2 is 1.61 bits per heavy atom. The number of amides is 2. The largest absolute Gasteiger partial charge is 0.352 e. The van der Waals surface area contributed by atoms with Crippen molar-refractivity contribution in [3.8, 4) is 0 Å². The van der Waals surface area contributed by atoms with Crippen LogP contribution in [0.25, 0.3) is 0 Å². The molecule has 1 aliphatic rings. The lowest BCUT2D eigenvalue weighted by Crippen LogP contribution is -2.51. The molecule has 0 radical (unpaired) electrons. The summed E-state index contributed by atoms with van der Waals surface area (Å²) in [6.07, 6.45) is 6.10. The monoisotopic (exact) mass is 448 g/mol. The van der Waals surface area contributed by atoms with Crippen molar-refractivity contribution in [1.29, 1.82) is 0 Å². The predicted octanol–water partition coefficient (Wildman–Crippen LogP) is 5.78. The van der Waals surface area contributed by atoms with Gasteiger partial charge in [-0.3, -0.25) is 9.59 Å². The Morgan fingerprint density at radius 3 is 2.18 bits per heavy atom. The van der Waals surface area contributed by atoms with Crippen molar-refractivity contribution in [2.24, 2.45) is 0 Å². The van der Waals surface area contributed by atoms with Gasteiger partial charge in [-0.25, -0.2) is 0 Å². The molecule has 0 aromatic heterocycles. The van der Waals surface area contributed by atoms with Gasteiger partial charge in [0.05, 0.1) is 0 Å². The molecule has 0 bridgehead atoms. The molecule has 0 heterocycles. The molecule has 0 spiro atoms. The van der Waals surface area contributed by atoms with Crippen LogP contribution in [0.15, 0.2) is 54.6 Å². The summed E-state index contributed by atoms with van der Waals surface area (Å²) in [5, 5.41) is 3.21. The van der Waals surface area contributed by atoms with Crippen molar-refractivity contribution in [2.45, 2.75) is 96.7 Å². The van der Waals surface area contributed by atoms with E-state index in [2.05, 4.69) is 50.4 Å². The topological polar surface area (TPSA) is 49.4 Å². The highest BCUT2D eigenvalue weighted by molar-refractivity contribution is 5.88. The average Bonchev–Trinajstić information content (AvgIpc) is 3.30. The fraction of sp³-hybridized carbons (Fsp3) is 0.517. The van der Waals surface area contributed by atoms with Crippen LogP contribution < -0.4 is 5.32 Å². The summed E-state index contributed by atoms with van der Waals surface area (Å²) in [6, 6.07) is 18.3. The van der Waals surface area contributed by atoms with Crippen molar-refractivity contribution in [2.75, 3.05) is 0 Å². The number of carbonyl (C=O) groups excluding carboxylic acids is 2. The Labute approximate surface area is 199 Å². The third-order valence-corrected chi connectivity index (χ3v) is 6.73. The van der Waals surface area contributed by atoms with Gasteiger partial charge >= 0.3 is 0 Å². The maximum Gasteiger partial charge on any atom is 0.243 e.